The Bertz CT molecular complexity index is 577. The van der Waals surface area contributed by atoms with Gasteiger partial charge in [-0.25, -0.2) is 4.98 Å². The molecule has 5 heteroatoms. The fourth-order valence-corrected chi connectivity index (χ4v) is 5.08. The van der Waals surface area contributed by atoms with Crippen LogP contribution < -0.4 is 0 Å². The first-order valence-corrected chi connectivity index (χ1v) is 9.18. The quantitative estimate of drug-likeness (QED) is 0.931. The minimum absolute atomic E-state index is 0.245. The summed E-state index contributed by atoms with van der Waals surface area (Å²) in [6, 6.07) is 0. The van der Waals surface area contributed by atoms with Crippen molar-refractivity contribution in [1.82, 2.24) is 19.8 Å². The maximum atomic E-state index is 13.0. The molecule has 1 N–H and O–H groups in total. The summed E-state index contributed by atoms with van der Waals surface area (Å²) in [7, 11) is 0. The highest BCUT2D eigenvalue weighted by molar-refractivity contribution is 5.80. The van der Waals surface area contributed by atoms with E-state index in [1.165, 1.54) is 37.8 Å². The molecule has 1 amide bonds. The van der Waals surface area contributed by atoms with Gasteiger partial charge in [0.05, 0.1) is 0 Å². The molecule has 3 aliphatic rings. The van der Waals surface area contributed by atoms with Gasteiger partial charge in [0.1, 0.15) is 5.82 Å². The van der Waals surface area contributed by atoms with Crippen LogP contribution in [0.25, 0.3) is 0 Å². The second-order valence-corrected chi connectivity index (χ2v) is 7.79. The van der Waals surface area contributed by atoms with Gasteiger partial charge in [0.25, 0.3) is 0 Å². The van der Waals surface area contributed by atoms with Crippen LogP contribution in [0.1, 0.15) is 50.0 Å². The summed E-state index contributed by atoms with van der Waals surface area (Å²) in [6.45, 7) is 7.10. The number of aromatic amines is 1. The van der Waals surface area contributed by atoms with Crippen molar-refractivity contribution in [2.24, 2.45) is 11.3 Å². The molecular weight excluding hydrogens is 288 g/mol. The maximum absolute atomic E-state index is 13.0. The van der Waals surface area contributed by atoms with E-state index < -0.39 is 0 Å². The number of imidazole rings is 1. The van der Waals surface area contributed by atoms with Crippen LogP contribution in [0.2, 0.25) is 0 Å². The number of rotatable bonds is 3. The van der Waals surface area contributed by atoms with Gasteiger partial charge in [0, 0.05) is 44.0 Å². The molecule has 0 radical (unpaired) electrons. The Balaban J connectivity index is 1.44. The second-order valence-electron chi connectivity index (χ2n) is 7.79. The van der Waals surface area contributed by atoms with Crippen molar-refractivity contribution in [2.45, 2.75) is 52.0 Å². The molecule has 0 bridgehead atoms. The van der Waals surface area contributed by atoms with Crippen LogP contribution in [0, 0.1) is 18.3 Å². The Morgan fingerprint density at radius 2 is 2.13 bits per heavy atom. The lowest BCUT2D eigenvalue weighted by atomic mass is 9.76. The van der Waals surface area contributed by atoms with Crippen LogP contribution in [-0.2, 0) is 11.3 Å². The number of carbonyl (C=O) groups excluding carboxylic acids is 1. The highest BCUT2D eigenvalue weighted by Gasteiger charge is 2.51. The zero-order valence-electron chi connectivity index (χ0n) is 14.2. The number of hydrogen-bond donors (Lipinski definition) is 1. The van der Waals surface area contributed by atoms with Gasteiger partial charge in [0.2, 0.25) is 5.91 Å². The summed E-state index contributed by atoms with van der Waals surface area (Å²) >= 11 is 0. The number of H-pyrrole nitrogens is 1. The molecule has 1 saturated carbocycles. The Kier molecular flexibility index (Phi) is 3.92. The van der Waals surface area contributed by atoms with Crippen LogP contribution >= 0.6 is 0 Å². The van der Waals surface area contributed by atoms with E-state index in [9.17, 15) is 4.79 Å². The number of aromatic nitrogens is 2. The lowest BCUT2D eigenvalue weighted by Crippen LogP contribution is -2.42. The molecule has 3 fully saturated rings. The smallest absolute Gasteiger partial charge is 0.226 e. The fraction of sp³-hybridized carbons (Fsp3) is 0.778. The molecule has 126 valence electrons. The van der Waals surface area contributed by atoms with E-state index in [1.807, 2.05) is 13.1 Å². The van der Waals surface area contributed by atoms with Crippen LogP contribution in [0.15, 0.2) is 6.20 Å². The molecule has 4 rings (SSSR count). The molecule has 23 heavy (non-hydrogen) atoms. The van der Waals surface area contributed by atoms with E-state index in [-0.39, 0.29) is 11.3 Å². The minimum Gasteiger partial charge on any atom is -0.345 e. The van der Waals surface area contributed by atoms with Crippen LogP contribution in [0.4, 0.5) is 0 Å². The van der Waals surface area contributed by atoms with Crippen molar-refractivity contribution in [3.05, 3.63) is 17.7 Å². The minimum atomic E-state index is 0.245. The summed E-state index contributed by atoms with van der Waals surface area (Å²) in [6.07, 6.45) is 9.07. The lowest BCUT2D eigenvalue weighted by molar-refractivity contribution is -0.137. The van der Waals surface area contributed by atoms with Crippen molar-refractivity contribution in [3.8, 4) is 0 Å². The first-order valence-electron chi connectivity index (χ1n) is 9.18. The number of nitrogens with one attached hydrogen (secondary N) is 1. The average Bonchev–Trinajstić information content (AvgIpc) is 3.30. The first-order chi connectivity index (χ1) is 11.2. The third-order valence-electron chi connectivity index (χ3n) is 6.24. The summed E-state index contributed by atoms with van der Waals surface area (Å²) in [5, 5.41) is 0. The normalized spacial score (nSPS) is 31.5. The molecule has 1 aliphatic carbocycles. The molecule has 5 nitrogen and oxygen atoms in total. The van der Waals surface area contributed by atoms with Crippen LogP contribution in [-0.4, -0.2) is 51.9 Å². The molecule has 2 aliphatic heterocycles. The maximum Gasteiger partial charge on any atom is 0.226 e. The summed E-state index contributed by atoms with van der Waals surface area (Å²) in [4.78, 5) is 25.3. The average molecular weight is 316 g/mol. The monoisotopic (exact) mass is 316 g/mol. The van der Waals surface area contributed by atoms with Crippen molar-refractivity contribution in [2.75, 3.05) is 26.2 Å². The third kappa shape index (κ3) is 2.80. The Morgan fingerprint density at radius 1 is 1.30 bits per heavy atom. The van der Waals surface area contributed by atoms with Crippen LogP contribution in [0.3, 0.4) is 0 Å². The predicted molar refractivity (Wildman–Crippen MR) is 88.8 cm³/mol. The Morgan fingerprint density at radius 3 is 2.87 bits per heavy atom. The van der Waals surface area contributed by atoms with Crippen molar-refractivity contribution in [1.29, 1.82) is 0 Å². The second kappa shape index (κ2) is 5.93. The van der Waals surface area contributed by atoms with Gasteiger partial charge in [-0.2, -0.15) is 0 Å². The third-order valence-corrected chi connectivity index (χ3v) is 6.24. The number of hydrogen-bond acceptors (Lipinski definition) is 3. The van der Waals surface area contributed by atoms with E-state index in [1.54, 1.807) is 0 Å². The zero-order valence-corrected chi connectivity index (χ0v) is 14.2. The number of amides is 1. The topological polar surface area (TPSA) is 52.2 Å². The van der Waals surface area contributed by atoms with Gasteiger partial charge in [-0.15, -0.1) is 0 Å². The number of aryl methyl sites for hydroxylation is 1. The van der Waals surface area contributed by atoms with Gasteiger partial charge in [-0.1, -0.05) is 6.42 Å². The predicted octanol–water partition coefficient (Wildman–Crippen LogP) is 2.33. The van der Waals surface area contributed by atoms with Gasteiger partial charge in [-0.05, 0) is 51.0 Å². The summed E-state index contributed by atoms with van der Waals surface area (Å²) < 4.78 is 0. The molecule has 3 heterocycles. The first kappa shape index (κ1) is 15.2. The van der Waals surface area contributed by atoms with Crippen molar-refractivity contribution in [3.63, 3.8) is 0 Å². The van der Waals surface area contributed by atoms with Crippen LogP contribution in [0.5, 0.6) is 0 Å². The molecule has 2 atom stereocenters. The van der Waals surface area contributed by atoms with Gasteiger partial charge in [-0.3, -0.25) is 9.69 Å². The van der Waals surface area contributed by atoms with E-state index in [0.717, 1.165) is 45.0 Å². The summed E-state index contributed by atoms with van der Waals surface area (Å²) in [5.41, 5.74) is 1.44. The standard InChI is InChI=1S/C18H28N4O/c1-14-19-11-15(20-14)12-21-10-7-18(13-21)6-4-5-16(18)17(23)22-8-2-3-9-22/h11,16H,2-10,12-13H2,1H3,(H,19,20)/t16-,18-/m0/s1. The van der Waals surface area contributed by atoms with E-state index in [0.29, 0.717) is 5.91 Å². The van der Waals surface area contributed by atoms with E-state index in [2.05, 4.69) is 19.8 Å². The zero-order chi connectivity index (χ0) is 15.9. The number of nitrogens with zero attached hydrogens (tertiary/aromatic N) is 3. The molecule has 1 spiro atoms. The molecule has 1 aromatic rings. The number of likely N-dealkylation sites (tertiary alicyclic amines) is 2. The van der Waals surface area contributed by atoms with E-state index in [4.69, 9.17) is 0 Å². The molecular formula is C18H28N4O. The van der Waals surface area contributed by atoms with E-state index >= 15 is 0 Å². The number of carbonyl (C=O) groups is 1. The Labute approximate surface area is 138 Å². The molecule has 1 aromatic heterocycles. The fourth-order valence-electron chi connectivity index (χ4n) is 5.08. The lowest BCUT2D eigenvalue weighted by Gasteiger charge is -2.33. The largest absolute Gasteiger partial charge is 0.345 e. The molecule has 0 aromatic carbocycles. The van der Waals surface area contributed by atoms with Gasteiger partial charge >= 0.3 is 0 Å². The van der Waals surface area contributed by atoms with Gasteiger partial charge < -0.3 is 9.88 Å². The molecule has 2 saturated heterocycles. The highest BCUT2D eigenvalue weighted by Crippen LogP contribution is 2.50. The molecule has 0 unspecified atom stereocenters. The Hall–Kier alpha value is -1.36. The SMILES string of the molecule is Cc1ncc(CN2CC[C@@]3(CCC[C@H]3C(=O)N3CCCC3)C2)[nH]1. The van der Waals surface area contributed by atoms with Crippen molar-refractivity contribution < 1.29 is 4.79 Å². The summed E-state index contributed by atoms with van der Waals surface area (Å²) in [5.74, 6) is 1.71. The van der Waals surface area contributed by atoms with Gasteiger partial charge in [0.15, 0.2) is 0 Å². The van der Waals surface area contributed by atoms with Crippen molar-refractivity contribution >= 4 is 5.91 Å². The highest BCUT2D eigenvalue weighted by atomic mass is 16.2.